The summed E-state index contributed by atoms with van der Waals surface area (Å²) in [7, 11) is 0. The van der Waals surface area contributed by atoms with Gasteiger partial charge < -0.3 is 20.1 Å². The Morgan fingerprint density at radius 2 is 1.85 bits per heavy atom. The molecule has 8 nitrogen and oxygen atoms in total. The number of aliphatic hydroxyl groups excluding tert-OH is 1. The molecule has 2 saturated heterocycles. The second kappa shape index (κ2) is 13.4. The van der Waals surface area contributed by atoms with E-state index in [1.54, 1.807) is 19.2 Å². The first-order valence-corrected chi connectivity index (χ1v) is 15.0. The molecule has 10 heteroatoms. The second-order valence-corrected chi connectivity index (χ2v) is 12.0. The summed E-state index contributed by atoms with van der Waals surface area (Å²) in [5.74, 6) is 2.66. The highest BCUT2D eigenvalue weighted by molar-refractivity contribution is 6.35. The van der Waals surface area contributed by atoms with Crippen molar-refractivity contribution in [3.8, 4) is 22.9 Å². The largest absolute Gasteiger partial charge is 0.437 e. The number of hydrogen-bond donors (Lipinski definition) is 2. The molecule has 5 rings (SSSR count). The molecule has 2 aliphatic rings. The fraction of sp³-hybridized carbons (Fsp3) is 0.452. The van der Waals surface area contributed by atoms with E-state index >= 15 is 0 Å². The number of likely N-dealkylation sites (tertiary alicyclic amines) is 1. The molecule has 0 saturated carbocycles. The van der Waals surface area contributed by atoms with Crippen LogP contribution >= 0.6 is 23.2 Å². The first-order chi connectivity index (χ1) is 19.7. The van der Waals surface area contributed by atoms with Crippen molar-refractivity contribution in [3.05, 3.63) is 64.3 Å². The number of halogens is 2. The highest BCUT2D eigenvalue weighted by Crippen LogP contribution is 2.32. The van der Waals surface area contributed by atoms with Gasteiger partial charge in [0.15, 0.2) is 0 Å². The summed E-state index contributed by atoms with van der Waals surface area (Å²) in [4.78, 5) is 25.2. The Kier molecular flexibility index (Phi) is 9.65. The Bertz CT molecular complexity index is 1330. The fourth-order valence-electron chi connectivity index (χ4n) is 5.63. The third-order valence-electron chi connectivity index (χ3n) is 7.97. The van der Waals surface area contributed by atoms with Crippen molar-refractivity contribution in [1.29, 1.82) is 0 Å². The molecule has 218 valence electrons. The van der Waals surface area contributed by atoms with Crippen molar-refractivity contribution in [1.82, 2.24) is 20.2 Å². The molecular weight excluding hydrogens is 561 g/mol. The number of amides is 1. The van der Waals surface area contributed by atoms with Gasteiger partial charge in [0.05, 0.1) is 18.0 Å². The maximum Gasteiger partial charge on any atom is 0.220 e. The maximum absolute atomic E-state index is 11.3. The number of β-amino-alcohol motifs (C(OH)–C–C–N with tert-alkyl or cyclic N) is 1. The predicted molar refractivity (Wildman–Crippen MR) is 163 cm³/mol. The number of aromatic nitrogens is 2. The zero-order valence-electron chi connectivity index (χ0n) is 23.5. The average Bonchev–Trinajstić information content (AvgIpc) is 3.33. The molecule has 0 bridgehead atoms. The van der Waals surface area contributed by atoms with Crippen LogP contribution in [-0.4, -0.2) is 64.7 Å². The summed E-state index contributed by atoms with van der Waals surface area (Å²) in [6.45, 7) is 8.45. The van der Waals surface area contributed by atoms with E-state index in [-0.39, 0.29) is 17.9 Å². The van der Waals surface area contributed by atoms with Crippen molar-refractivity contribution >= 4 is 34.9 Å². The molecule has 4 heterocycles. The molecule has 2 aromatic heterocycles. The summed E-state index contributed by atoms with van der Waals surface area (Å²) in [5.41, 5.74) is 2.61. The molecule has 1 aromatic carbocycles. The van der Waals surface area contributed by atoms with Crippen LogP contribution in [0.25, 0.3) is 11.3 Å². The number of carbonyl (C=O) groups is 1. The first kappa shape index (κ1) is 29.6. The third kappa shape index (κ3) is 7.89. The molecule has 0 radical (unpaired) electrons. The SMILES string of the molecule is CC[C@H]1CN(c2ccc(Oc3cc(CN4CCC(CNC(C)=O)CC4)cc(-c4cc(Cl)cc(Cl)c4)n3)cn2)C[C@@H]1O. The van der Waals surface area contributed by atoms with Crippen LogP contribution in [-0.2, 0) is 11.3 Å². The summed E-state index contributed by atoms with van der Waals surface area (Å²) in [6.07, 6.45) is 4.39. The summed E-state index contributed by atoms with van der Waals surface area (Å²) < 4.78 is 6.22. The van der Waals surface area contributed by atoms with E-state index in [2.05, 4.69) is 33.1 Å². The van der Waals surface area contributed by atoms with Gasteiger partial charge in [0.25, 0.3) is 0 Å². The van der Waals surface area contributed by atoms with Crippen LogP contribution in [0.5, 0.6) is 11.6 Å². The number of ether oxygens (including phenoxy) is 1. The number of carbonyl (C=O) groups excluding carboxylic acids is 1. The number of nitrogens with zero attached hydrogens (tertiary/aromatic N) is 4. The monoisotopic (exact) mass is 597 g/mol. The molecule has 2 N–H and O–H groups in total. The highest BCUT2D eigenvalue weighted by atomic mass is 35.5. The zero-order chi connectivity index (χ0) is 28.9. The van der Waals surface area contributed by atoms with Crippen molar-refractivity contribution in [3.63, 3.8) is 0 Å². The molecule has 41 heavy (non-hydrogen) atoms. The van der Waals surface area contributed by atoms with Crippen molar-refractivity contribution < 1.29 is 14.6 Å². The minimum absolute atomic E-state index is 0.0233. The maximum atomic E-state index is 11.3. The van der Waals surface area contributed by atoms with Crippen molar-refractivity contribution in [2.24, 2.45) is 11.8 Å². The summed E-state index contributed by atoms with van der Waals surface area (Å²) >= 11 is 12.6. The van der Waals surface area contributed by atoms with Crippen LogP contribution in [0.15, 0.2) is 48.7 Å². The van der Waals surface area contributed by atoms with Crippen LogP contribution in [0.3, 0.4) is 0 Å². The van der Waals surface area contributed by atoms with Gasteiger partial charge in [-0.05, 0) is 80.2 Å². The van der Waals surface area contributed by atoms with E-state index in [1.807, 2.05) is 30.3 Å². The molecule has 0 unspecified atom stereocenters. The molecule has 3 aromatic rings. The Morgan fingerprint density at radius 1 is 1.10 bits per heavy atom. The lowest BCUT2D eigenvalue weighted by Crippen LogP contribution is -2.37. The van der Waals surface area contributed by atoms with Gasteiger partial charge >= 0.3 is 0 Å². The Morgan fingerprint density at radius 3 is 2.49 bits per heavy atom. The van der Waals surface area contributed by atoms with E-state index in [0.29, 0.717) is 34.1 Å². The summed E-state index contributed by atoms with van der Waals surface area (Å²) in [6, 6.07) is 13.2. The molecule has 2 fully saturated rings. The highest BCUT2D eigenvalue weighted by Gasteiger charge is 2.30. The van der Waals surface area contributed by atoms with Crippen molar-refractivity contribution in [2.75, 3.05) is 37.6 Å². The number of rotatable bonds is 9. The number of anilines is 1. The van der Waals surface area contributed by atoms with Gasteiger partial charge in [-0.15, -0.1) is 0 Å². The predicted octanol–water partition coefficient (Wildman–Crippen LogP) is 5.80. The minimum Gasteiger partial charge on any atom is -0.437 e. The first-order valence-electron chi connectivity index (χ1n) is 14.3. The van der Waals surface area contributed by atoms with Gasteiger partial charge in [0, 0.05) is 60.7 Å². The van der Waals surface area contributed by atoms with Crippen LogP contribution in [0.2, 0.25) is 10.0 Å². The smallest absolute Gasteiger partial charge is 0.220 e. The normalized spacial score (nSPS) is 19.9. The minimum atomic E-state index is -0.328. The lowest BCUT2D eigenvalue weighted by Gasteiger charge is -2.32. The number of aliphatic hydroxyl groups is 1. The van der Waals surface area contributed by atoms with Crippen LogP contribution in [0.4, 0.5) is 5.82 Å². The van der Waals surface area contributed by atoms with Crippen LogP contribution < -0.4 is 15.0 Å². The standard InChI is InChI=1S/C31H37Cl2N5O3/c1-3-23-18-38(19-29(23)40)30-5-4-27(16-35-30)41-31-11-22(10-28(36-31)24-12-25(32)14-26(33)13-24)17-37-8-6-21(7-9-37)15-34-20(2)39/h4-5,10-14,16,21,23,29,40H,3,6-9,15,17-19H2,1-2H3,(H,34,39)/t23-,29-/m0/s1. The number of nitrogens with one attached hydrogen (secondary N) is 1. The van der Waals surface area contributed by atoms with Gasteiger partial charge in [-0.3, -0.25) is 9.69 Å². The Hall–Kier alpha value is -2.91. The lowest BCUT2D eigenvalue weighted by atomic mass is 9.96. The molecule has 2 aliphatic heterocycles. The number of hydrogen-bond acceptors (Lipinski definition) is 7. The van der Waals surface area contributed by atoms with E-state index in [9.17, 15) is 9.90 Å². The van der Waals surface area contributed by atoms with Crippen LogP contribution in [0, 0.1) is 11.8 Å². The van der Waals surface area contributed by atoms with E-state index in [4.69, 9.17) is 32.9 Å². The van der Waals surface area contributed by atoms with Gasteiger partial charge in [-0.1, -0.05) is 30.1 Å². The third-order valence-corrected chi connectivity index (χ3v) is 8.41. The second-order valence-electron chi connectivity index (χ2n) is 11.1. The Balaban J connectivity index is 1.33. The molecular formula is C31H37Cl2N5O3. The van der Waals surface area contributed by atoms with Gasteiger partial charge in [-0.2, -0.15) is 0 Å². The topological polar surface area (TPSA) is 90.8 Å². The number of pyridine rings is 2. The van der Waals surface area contributed by atoms with E-state index in [1.165, 1.54) is 0 Å². The van der Waals surface area contributed by atoms with Gasteiger partial charge in [0.2, 0.25) is 11.8 Å². The van der Waals surface area contributed by atoms with Gasteiger partial charge in [-0.25, -0.2) is 9.97 Å². The molecule has 0 spiro atoms. The van der Waals surface area contributed by atoms with Crippen LogP contribution in [0.1, 0.15) is 38.7 Å². The number of piperidine rings is 1. The van der Waals surface area contributed by atoms with E-state index < -0.39 is 0 Å². The fourth-order valence-corrected chi connectivity index (χ4v) is 6.16. The summed E-state index contributed by atoms with van der Waals surface area (Å²) in [5, 5.41) is 14.3. The quantitative estimate of drug-likeness (QED) is 0.322. The van der Waals surface area contributed by atoms with E-state index in [0.717, 1.165) is 74.6 Å². The lowest BCUT2D eigenvalue weighted by molar-refractivity contribution is -0.119. The zero-order valence-corrected chi connectivity index (χ0v) is 25.0. The molecule has 0 aliphatic carbocycles. The average molecular weight is 599 g/mol. The molecule has 1 amide bonds. The molecule has 2 atom stereocenters. The Labute approximate surface area is 251 Å². The number of benzene rings is 1. The van der Waals surface area contributed by atoms with Gasteiger partial charge in [0.1, 0.15) is 11.6 Å². The van der Waals surface area contributed by atoms with Crippen molar-refractivity contribution in [2.45, 2.75) is 45.8 Å².